The molecule has 0 bridgehead atoms. The maximum absolute atomic E-state index is 12.7. The lowest BCUT2D eigenvalue weighted by Gasteiger charge is -2.35. The normalized spacial score (nSPS) is 14.6. The first-order chi connectivity index (χ1) is 15.7. The van der Waals surface area contributed by atoms with Gasteiger partial charge in [0, 0.05) is 38.1 Å². The van der Waals surface area contributed by atoms with Crippen LogP contribution >= 0.6 is 11.3 Å². The molecule has 1 aromatic carbocycles. The van der Waals surface area contributed by atoms with Crippen molar-refractivity contribution in [1.29, 1.82) is 0 Å². The summed E-state index contributed by atoms with van der Waals surface area (Å²) in [6, 6.07) is 8.74. The second-order valence-electron chi connectivity index (χ2n) is 8.93. The van der Waals surface area contributed by atoms with Crippen molar-refractivity contribution in [2.75, 3.05) is 44.6 Å². The molecule has 178 valence electrons. The highest BCUT2D eigenvalue weighted by Gasteiger charge is 2.25. The molecule has 3 rings (SSSR count). The maximum Gasteiger partial charge on any atom is 0.410 e. The lowest BCUT2D eigenvalue weighted by molar-refractivity contribution is 0.0144. The number of thiophene rings is 1. The minimum atomic E-state index is -0.488. The average Bonchev–Trinajstić information content (AvgIpc) is 3.31. The fraction of sp³-hybridized carbons (Fsp3) is 0.458. The van der Waals surface area contributed by atoms with Gasteiger partial charge in [-0.3, -0.25) is 14.5 Å². The zero-order valence-electron chi connectivity index (χ0n) is 19.4. The van der Waals surface area contributed by atoms with E-state index in [4.69, 9.17) is 4.74 Å². The van der Waals surface area contributed by atoms with Gasteiger partial charge in [0.1, 0.15) is 5.60 Å². The zero-order valence-corrected chi connectivity index (χ0v) is 20.2. The fourth-order valence-electron chi connectivity index (χ4n) is 3.46. The van der Waals surface area contributed by atoms with E-state index in [2.05, 4.69) is 15.5 Å². The largest absolute Gasteiger partial charge is 0.444 e. The lowest BCUT2D eigenvalue weighted by atomic mass is 10.1. The number of benzene rings is 1. The van der Waals surface area contributed by atoms with Gasteiger partial charge in [-0.2, -0.15) is 11.3 Å². The number of nitrogens with one attached hydrogen (secondary N) is 2. The van der Waals surface area contributed by atoms with Crippen LogP contribution in [0.2, 0.25) is 0 Å². The molecule has 8 nitrogen and oxygen atoms in total. The summed E-state index contributed by atoms with van der Waals surface area (Å²) in [6.07, 6.45) is 0.529. The van der Waals surface area contributed by atoms with E-state index in [1.54, 1.807) is 40.6 Å². The number of ether oxygens (including phenoxy) is 1. The molecule has 1 aromatic heterocycles. The third-order valence-electron chi connectivity index (χ3n) is 5.16. The van der Waals surface area contributed by atoms with Gasteiger partial charge < -0.3 is 20.3 Å². The number of anilines is 1. The Labute approximate surface area is 198 Å². The molecule has 0 atom stereocenters. The number of para-hydroxylation sites is 1. The number of carbonyl (C=O) groups is 3. The number of nitrogens with zero attached hydrogens (tertiary/aromatic N) is 2. The van der Waals surface area contributed by atoms with E-state index in [0.29, 0.717) is 36.4 Å². The molecule has 0 radical (unpaired) electrons. The molecule has 2 N–H and O–H groups in total. The summed E-state index contributed by atoms with van der Waals surface area (Å²) < 4.78 is 5.43. The number of piperazine rings is 1. The smallest absolute Gasteiger partial charge is 0.410 e. The SMILES string of the molecule is CC(C)(C)OC(=O)N1CCN(CCCNC(=O)c2ccccc2NC(=O)c2ccsc2)CC1. The fourth-order valence-corrected chi connectivity index (χ4v) is 4.09. The van der Waals surface area contributed by atoms with Crippen molar-refractivity contribution in [3.8, 4) is 0 Å². The molecular formula is C24H32N4O4S. The van der Waals surface area contributed by atoms with E-state index >= 15 is 0 Å². The zero-order chi connectivity index (χ0) is 23.8. The van der Waals surface area contributed by atoms with Crippen LogP contribution in [0.15, 0.2) is 41.1 Å². The Bertz CT molecular complexity index is 948. The van der Waals surface area contributed by atoms with Gasteiger partial charge in [0.05, 0.1) is 16.8 Å². The molecular weight excluding hydrogens is 440 g/mol. The van der Waals surface area contributed by atoms with Gasteiger partial charge in [0.2, 0.25) is 0 Å². The van der Waals surface area contributed by atoms with E-state index in [0.717, 1.165) is 26.1 Å². The van der Waals surface area contributed by atoms with Crippen molar-refractivity contribution in [2.45, 2.75) is 32.8 Å². The Balaban J connectivity index is 1.40. The highest BCUT2D eigenvalue weighted by molar-refractivity contribution is 7.08. The summed E-state index contributed by atoms with van der Waals surface area (Å²) in [6.45, 7) is 9.80. The molecule has 2 aromatic rings. The first-order valence-electron chi connectivity index (χ1n) is 11.1. The van der Waals surface area contributed by atoms with Crippen LogP contribution in [-0.2, 0) is 4.74 Å². The molecule has 1 aliphatic heterocycles. The predicted octanol–water partition coefficient (Wildman–Crippen LogP) is 3.67. The van der Waals surface area contributed by atoms with Gasteiger partial charge in [-0.05, 0) is 57.3 Å². The highest BCUT2D eigenvalue weighted by atomic mass is 32.1. The van der Waals surface area contributed by atoms with Crippen LogP contribution in [0.5, 0.6) is 0 Å². The maximum atomic E-state index is 12.7. The molecule has 1 aliphatic rings. The van der Waals surface area contributed by atoms with Gasteiger partial charge in [0.25, 0.3) is 11.8 Å². The van der Waals surface area contributed by atoms with E-state index in [-0.39, 0.29) is 17.9 Å². The van der Waals surface area contributed by atoms with E-state index in [1.807, 2.05) is 26.2 Å². The van der Waals surface area contributed by atoms with Crippen LogP contribution in [0.3, 0.4) is 0 Å². The molecule has 9 heteroatoms. The summed E-state index contributed by atoms with van der Waals surface area (Å²) >= 11 is 1.45. The average molecular weight is 473 g/mol. The molecule has 3 amide bonds. The van der Waals surface area contributed by atoms with Gasteiger partial charge in [-0.1, -0.05) is 12.1 Å². The summed E-state index contributed by atoms with van der Waals surface area (Å²) in [5.74, 6) is -0.451. The first-order valence-corrected chi connectivity index (χ1v) is 12.1. The van der Waals surface area contributed by atoms with Crippen molar-refractivity contribution in [3.05, 3.63) is 52.2 Å². The second kappa shape index (κ2) is 11.3. The number of rotatable bonds is 7. The van der Waals surface area contributed by atoms with Crippen molar-refractivity contribution in [3.63, 3.8) is 0 Å². The van der Waals surface area contributed by atoms with Crippen LogP contribution in [0.25, 0.3) is 0 Å². The molecule has 1 fully saturated rings. The minimum Gasteiger partial charge on any atom is -0.444 e. The quantitative estimate of drug-likeness (QED) is 0.600. The first kappa shape index (κ1) is 24.7. The van der Waals surface area contributed by atoms with Gasteiger partial charge >= 0.3 is 6.09 Å². The predicted molar refractivity (Wildman–Crippen MR) is 130 cm³/mol. The number of amides is 3. The van der Waals surface area contributed by atoms with Crippen molar-refractivity contribution in [1.82, 2.24) is 15.1 Å². The standard InChI is InChI=1S/C24H32N4O4S/c1-24(2,3)32-23(31)28-14-12-27(13-15-28)11-6-10-25-22(30)19-7-4-5-8-20(19)26-21(29)18-9-16-33-17-18/h4-5,7-9,16-17H,6,10-15H2,1-3H3,(H,25,30)(H,26,29). The monoisotopic (exact) mass is 472 g/mol. The third-order valence-corrected chi connectivity index (χ3v) is 5.85. The van der Waals surface area contributed by atoms with Gasteiger partial charge in [-0.15, -0.1) is 0 Å². The van der Waals surface area contributed by atoms with Crippen LogP contribution in [-0.4, -0.2) is 72.6 Å². The van der Waals surface area contributed by atoms with Crippen molar-refractivity contribution in [2.24, 2.45) is 0 Å². The van der Waals surface area contributed by atoms with Crippen LogP contribution in [0.1, 0.15) is 47.9 Å². The summed E-state index contributed by atoms with van der Waals surface area (Å²) in [4.78, 5) is 41.2. The Morgan fingerprint density at radius 1 is 1.03 bits per heavy atom. The Morgan fingerprint density at radius 3 is 2.42 bits per heavy atom. The van der Waals surface area contributed by atoms with Crippen LogP contribution in [0, 0.1) is 0 Å². The Kier molecular flexibility index (Phi) is 8.46. The molecule has 2 heterocycles. The molecule has 0 aliphatic carbocycles. The summed E-state index contributed by atoms with van der Waals surface area (Å²) in [7, 11) is 0. The molecule has 0 saturated carbocycles. The van der Waals surface area contributed by atoms with Crippen LogP contribution < -0.4 is 10.6 Å². The second-order valence-corrected chi connectivity index (χ2v) is 9.71. The van der Waals surface area contributed by atoms with E-state index < -0.39 is 5.60 Å². The van der Waals surface area contributed by atoms with Gasteiger partial charge in [-0.25, -0.2) is 4.79 Å². The van der Waals surface area contributed by atoms with Crippen molar-refractivity contribution >= 4 is 34.9 Å². The number of carbonyl (C=O) groups excluding carboxylic acids is 3. The Hall–Kier alpha value is -2.91. The number of hydrogen-bond donors (Lipinski definition) is 2. The third kappa shape index (κ3) is 7.57. The highest BCUT2D eigenvalue weighted by Crippen LogP contribution is 2.17. The molecule has 0 spiro atoms. The van der Waals surface area contributed by atoms with E-state index in [1.165, 1.54) is 11.3 Å². The Morgan fingerprint density at radius 2 is 1.76 bits per heavy atom. The topological polar surface area (TPSA) is 91.0 Å². The van der Waals surface area contributed by atoms with E-state index in [9.17, 15) is 14.4 Å². The minimum absolute atomic E-state index is 0.217. The number of hydrogen-bond acceptors (Lipinski definition) is 6. The summed E-state index contributed by atoms with van der Waals surface area (Å²) in [5.41, 5.74) is 1.01. The molecule has 0 unspecified atom stereocenters. The van der Waals surface area contributed by atoms with Gasteiger partial charge in [0.15, 0.2) is 0 Å². The lowest BCUT2D eigenvalue weighted by Crippen LogP contribution is -2.50. The van der Waals surface area contributed by atoms with Crippen LogP contribution in [0.4, 0.5) is 10.5 Å². The molecule has 33 heavy (non-hydrogen) atoms. The summed E-state index contributed by atoms with van der Waals surface area (Å²) in [5, 5.41) is 9.37. The van der Waals surface area contributed by atoms with Crippen molar-refractivity contribution < 1.29 is 19.1 Å². The molecule has 1 saturated heterocycles.